The van der Waals surface area contributed by atoms with Crippen molar-refractivity contribution < 1.29 is 9.34 Å². The van der Waals surface area contributed by atoms with Gasteiger partial charge < -0.3 is 9.40 Å². The molecule has 0 spiro atoms. The van der Waals surface area contributed by atoms with Gasteiger partial charge in [0.2, 0.25) is 0 Å². The fourth-order valence-electron chi connectivity index (χ4n) is 4.76. The third kappa shape index (κ3) is 4.60. The summed E-state index contributed by atoms with van der Waals surface area (Å²) in [5.74, 6) is -0.119. The number of benzene rings is 3. The van der Waals surface area contributed by atoms with Gasteiger partial charge in [0, 0.05) is 28.2 Å². The van der Waals surface area contributed by atoms with E-state index in [1.807, 2.05) is 59.4 Å². The Morgan fingerprint density at radius 1 is 0.900 bits per heavy atom. The molecule has 9 nitrogen and oxygen atoms in total. The summed E-state index contributed by atoms with van der Waals surface area (Å²) in [5, 5.41) is 25.3. The van der Waals surface area contributed by atoms with Gasteiger partial charge in [-0.1, -0.05) is 60.7 Å². The largest absolute Gasteiger partial charge is 0.433 e. The molecule has 0 aliphatic carbocycles. The van der Waals surface area contributed by atoms with Gasteiger partial charge in [-0.2, -0.15) is 15.3 Å². The van der Waals surface area contributed by atoms with Gasteiger partial charge in [0.05, 0.1) is 29.9 Å². The number of nitrogens with one attached hydrogen (secondary N) is 1. The van der Waals surface area contributed by atoms with Gasteiger partial charge in [-0.3, -0.25) is 10.1 Å². The summed E-state index contributed by atoms with van der Waals surface area (Å²) in [6.07, 6.45) is 4.85. The first-order valence-corrected chi connectivity index (χ1v) is 12.6. The van der Waals surface area contributed by atoms with Gasteiger partial charge in [0.1, 0.15) is 10.6 Å². The highest BCUT2D eigenvalue weighted by Crippen LogP contribution is 2.41. The molecule has 0 unspecified atom stereocenters. The number of aryl methyl sites for hydroxylation is 2. The van der Waals surface area contributed by atoms with Crippen LogP contribution in [0.15, 0.2) is 106 Å². The van der Waals surface area contributed by atoms with Crippen LogP contribution in [0.5, 0.6) is 0 Å². The predicted octanol–water partition coefficient (Wildman–Crippen LogP) is 7.26. The molecular formula is C31H24N6O3. The summed E-state index contributed by atoms with van der Waals surface area (Å²) in [6.45, 7) is 4.21. The van der Waals surface area contributed by atoms with Crippen LogP contribution in [0.2, 0.25) is 0 Å². The van der Waals surface area contributed by atoms with Crippen molar-refractivity contribution >= 4 is 29.2 Å². The normalized spacial score (nSPS) is 11.8. The Labute approximate surface area is 229 Å². The Morgan fingerprint density at radius 2 is 1.60 bits per heavy atom. The lowest BCUT2D eigenvalue weighted by Gasteiger charge is -2.06. The molecule has 0 saturated heterocycles. The number of fused-ring (bicyclic) bond motifs is 1. The Bertz CT molecular complexity index is 1900. The van der Waals surface area contributed by atoms with Crippen LogP contribution >= 0.6 is 0 Å². The molecule has 0 radical (unpaired) electrons. The SMILES string of the molecule is Cc1ccc(C)c2c(-c3ccccc3)c(-c3nn(-c4ccccc4)cc3/C=N/N=C/c3ccc([N+](=O)[O-])o3)[nH]c12. The Balaban J connectivity index is 1.51. The van der Waals surface area contributed by atoms with Crippen LogP contribution in [0.25, 0.3) is 39.1 Å². The van der Waals surface area contributed by atoms with Crippen molar-refractivity contribution in [3.63, 3.8) is 0 Å². The van der Waals surface area contributed by atoms with E-state index in [9.17, 15) is 10.1 Å². The highest BCUT2D eigenvalue weighted by molar-refractivity contribution is 6.07. The van der Waals surface area contributed by atoms with E-state index in [0.29, 0.717) is 5.69 Å². The van der Waals surface area contributed by atoms with Crippen molar-refractivity contribution in [2.75, 3.05) is 0 Å². The van der Waals surface area contributed by atoms with Gasteiger partial charge in [-0.15, -0.1) is 0 Å². The summed E-state index contributed by atoms with van der Waals surface area (Å²) in [5.41, 5.74) is 8.73. The van der Waals surface area contributed by atoms with E-state index in [-0.39, 0.29) is 11.6 Å². The average molecular weight is 529 g/mol. The first-order chi connectivity index (χ1) is 19.5. The number of aromatic nitrogens is 3. The Morgan fingerprint density at radius 3 is 2.33 bits per heavy atom. The molecule has 196 valence electrons. The Kier molecular flexibility index (Phi) is 6.37. The number of H-pyrrole nitrogens is 1. The van der Waals surface area contributed by atoms with E-state index in [1.165, 1.54) is 18.3 Å². The smallest absolute Gasteiger partial charge is 0.400 e. The molecule has 6 aromatic rings. The second-order valence-corrected chi connectivity index (χ2v) is 9.33. The van der Waals surface area contributed by atoms with Gasteiger partial charge in [0.15, 0.2) is 5.76 Å². The molecule has 9 heteroatoms. The first kappa shape index (κ1) is 24.7. The molecule has 0 saturated carbocycles. The van der Waals surface area contributed by atoms with Crippen molar-refractivity contribution in [2.45, 2.75) is 13.8 Å². The summed E-state index contributed by atoms with van der Waals surface area (Å²) >= 11 is 0. The van der Waals surface area contributed by atoms with Gasteiger partial charge >= 0.3 is 5.88 Å². The van der Waals surface area contributed by atoms with Crippen LogP contribution in [0, 0.1) is 24.0 Å². The van der Waals surface area contributed by atoms with Gasteiger partial charge in [0.25, 0.3) is 0 Å². The third-order valence-corrected chi connectivity index (χ3v) is 6.68. The molecule has 3 aromatic heterocycles. The zero-order valence-corrected chi connectivity index (χ0v) is 21.8. The maximum atomic E-state index is 10.9. The lowest BCUT2D eigenvalue weighted by molar-refractivity contribution is -0.402. The van der Waals surface area contributed by atoms with Crippen LogP contribution < -0.4 is 0 Å². The summed E-state index contributed by atoms with van der Waals surface area (Å²) in [7, 11) is 0. The van der Waals surface area contributed by atoms with Crippen LogP contribution in [0.3, 0.4) is 0 Å². The van der Waals surface area contributed by atoms with Crippen LogP contribution in [0.1, 0.15) is 22.5 Å². The summed E-state index contributed by atoms with van der Waals surface area (Å²) < 4.78 is 6.95. The summed E-state index contributed by atoms with van der Waals surface area (Å²) in [4.78, 5) is 14.0. The molecular weight excluding hydrogens is 504 g/mol. The minimum absolute atomic E-state index is 0.233. The number of nitro groups is 1. The van der Waals surface area contributed by atoms with E-state index < -0.39 is 4.92 Å². The molecule has 3 aromatic carbocycles. The molecule has 0 amide bonds. The van der Waals surface area contributed by atoms with Gasteiger partial charge in [-0.05, 0) is 48.7 Å². The van der Waals surface area contributed by atoms with Crippen LogP contribution in [-0.4, -0.2) is 32.1 Å². The maximum absolute atomic E-state index is 10.9. The zero-order chi connectivity index (χ0) is 27.6. The topological polar surface area (TPSA) is 115 Å². The second-order valence-electron chi connectivity index (χ2n) is 9.33. The number of hydrogen-bond acceptors (Lipinski definition) is 6. The minimum atomic E-state index is -0.598. The van der Waals surface area contributed by atoms with Crippen LogP contribution in [0.4, 0.5) is 5.88 Å². The molecule has 0 fully saturated rings. The summed E-state index contributed by atoms with van der Waals surface area (Å²) in [6, 6.07) is 27.1. The molecule has 0 aliphatic rings. The van der Waals surface area contributed by atoms with Crippen LogP contribution in [-0.2, 0) is 0 Å². The van der Waals surface area contributed by atoms with Crippen molar-refractivity contribution in [3.05, 3.63) is 124 Å². The lowest BCUT2D eigenvalue weighted by Crippen LogP contribution is -1.94. The van der Waals surface area contributed by atoms with E-state index in [4.69, 9.17) is 9.52 Å². The quantitative estimate of drug-likeness (QED) is 0.133. The molecule has 3 heterocycles. The maximum Gasteiger partial charge on any atom is 0.433 e. The van der Waals surface area contributed by atoms with Gasteiger partial charge in [-0.25, -0.2) is 4.68 Å². The number of rotatable bonds is 7. The number of para-hydroxylation sites is 1. The number of hydrogen-bond donors (Lipinski definition) is 1. The zero-order valence-electron chi connectivity index (χ0n) is 21.8. The van der Waals surface area contributed by atoms with Crippen molar-refractivity contribution in [1.82, 2.24) is 14.8 Å². The number of nitrogens with zero attached hydrogens (tertiary/aromatic N) is 5. The molecule has 0 bridgehead atoms. The lowest BCUT2D eigenvalue weighted by atomic mass is 9.96. The van der Waals surface area contributed by atoms with Crippen molar-refractivity contribution in [3.8, 4) is 28.2 Å². The fraction of sp³-hybridized carbons (Fsp3) is 0.0645. The van der Waals surface area contributed by atoms with E-state index in [0.717, 1.165) is 50.1 Å². The highest BCUT2D eigenvalue weighted by Gasteiger charge is 2.22. The first-order valence-electron chi connectivity index (χ1n) is 12.6. The molecule has 0 atom stereocenters. The predicted molar refractivity (Wildman–Crippen MR) is 156 cm³/mol. The number of furan rings is 1. The molecule has 40 heavy (non-hydrogen) atoms. The van der Waals surface area contributed by atoms with E-state index in [2.05, 4.69) is 53.3 Å². The van der Waals surface area contributed by atoms with E-state index >= 15 is 0 Å². The molecule has 1 N–H and O–H groups in total. The Hall–Kier alpha value is -5.57. The van der Waals surface area contributed by atoms with Crippen molar-refractivity contribution in [1.29, 1.82) is 0 Å². The standard InChI is InChI=1S/C31H24N6O3/c1-20-13-14-21(2)29-27(20)28(22-9-5-3-6-10-22)31(34-29)30-23(19-36(35-30)24-11-7-4-8-12-24)17-32-33-18-25-15-16-26(40-25)37(38)39/h3-19,34H,1-2H3/b32-17+,33-18+. The molecule has 0 aliphatic heterocycles. The minimum Gasteiger partial charge on any atom is -0.400 e. The number of aromatic amines is 1. The average Bonchev–Trinajstić information content (AvgIpc) is 3.71. The fourth-order valence-corrected chi connectivity index (χ4v) is 4.76. The van der Waals surface area contributed by atoms with Crippen molar-refractivity contribution in [2.24, 2.45) is 10.2 Å². The highest BCUT2D eigenvalue weighted by atomic mass is 16.6. The third-order valence-electron chi connectivity index (χ3n) is 6.68. The van der Waals surface area contributed by atoms with E-state index in [1.54, 1.807) is 6.21 Å². The second kappa shape index (κ2) is 10.3. The molecule has 6 rings (SSSR count). The monoisotopic (exact) mass is 528 g/mol.